The molecular weight excluding hydrogens is 316 g/mol. The van der Waals surface area contributed by atoms with Crippen LogP contribution in [0.15, 0.2) is 16.7 Å². The van der Waals surface area contributed by atoms with Gasteiger partial charge < -0.3 is 9.47 Å². The molecule has 1 amide bonds. The van der Waals surface area contributed by atoms with Gasteiger partial charge in [0.1, 0.15) is 5.69 Å². The van der Waals surface area contributed by atoms with Crippen LogP contribution in [0.5, 0.6) is 0 Å². The van der Waals surface area contributed by atoms with E-state index in [1.54, 1.807) is 0 Å². The van der Waals surface area contributed by atoms with Crippen LogP contribution in [-0.2, 0) is 6.54 Å². The van der Waals surface area contributed by atoms with Crippen LogP contribution >= 0.6 is 15.9 Å². The number of carbonyl (C=O) groups excluding carboxylic acids is 1. The molecule has 0 saturated heterocycles. The zero-order chi connectivity index (χ0) is 15.0. The molecule has 0 aromatic carbocycles. The van der Waals surface area contributed by atoms with E-state index in [4.69, 9.17) is 0 Å². The number of amides is 1. The normalized spacial score (nSPS) is 10.8. The molecule has 4 heteroatoms. The topological polar surface area (TPSA) is 25.2 Å². The molecule has 0 radical (unpaired) electrons. The summed E-state index contributed by atoms with van der Waals surface area (Å²) in [6, 6.07) is 1.95. The van der Waals surface area contributed by atoms with Gasteiger partial charge in [-0.3, -0.25) is 4.79 Å². The van der Waals surface area contributed by atoms with Crippen LogP contribution in [0.2, 0.25) is 0 Å². The Labute approximate surface area is 131 Å². The number of carbonyl (C=O) groups is 1. The van der Waals surface area contributed by atoms with Gasteiger partial charge in [0.2, 0.25) is 0 Å². The number of rotatable bonds is 9. The molecule has 0 bridgehead atoms. The molecule has 0 saturated carbocycles. The third kappa shape index (κ3) is 4.97. The molecule has 1 aromatic heterocycles. The maximum absolute atomic E-state index is 12.7. The lowest BCUT2D eigenvalue weighted by Crippen LogP contribution is -2.34. The third-order valence-corrected chi connectivity index (χ3v) is 3.83. The van der Waals surface area contributed by atoms with E-state index >= 15 is 0 Å². The minimum absolute atomic E-state index is 0.172. The van der Waals surface area contributed by atoms with Gasteiger partial charge in [-0.15, -0.1) is 0 Å². The minimum atomic E-state index is 0.172. The molecule has 20 heavy (non-hydrogen) atoms. The van der Waals surface area contributed by atoms with Crippen molar-refractivity contribution in [2.24, 2.45) is 0 Å². The Balaban J connectivity index is 2.86. The predicted octanol–water partition coefficient (Wildman–Crippen LogP) is 4.70. The first-order valence-electron chi connectivity index (χ1n) is 7.78. The lowest BCUT2D eigenvalue weighted by atomic mass is 10.2. The van der Waals surface area contributed by atoms with Crippen LogP contribution in [0.1, 0.15) is 63.4 Å². The van der Waals surface area contributed by atoms with E-state index in [2.05, 4.69) is 41.3 Å². The maximum atomic E-state index is 12.7. The molecule has 0 unspecified atom stereocenters. The highest BCUT2D eigenvalue weighted by Gasteiger charge is 2.19. The highest BCUT2D eigenvalue weighted by Crippen LogP contribution is 2.18. The zero-order valence-electron chi connectivity index (χ0n) is 13.0. The second-order valence-electron chi connectivity index (χ2n) is 5.24. The van der Waals surface area contributed by atoms with Crippen molar-refractivity contribution in [3.05, 3.63) is 22.4 Å². The largest absolute Gasteiger partial charge is 0.342 e. The summed E-state index contributed by atoms with van der Waals surface area (Å²) in [4.78, 5) is 14.8. The summed E-state index contributed by atoms with van der Waals surface area (Å²) < 4.78 is 3.05. The second kappa shape index (κ2) is 9.22. The predicted molar refractivity (Wildman–Crippen MR) is 88.1 cm³/mol. The molecule has 0 N–H and O–H groups in total. The van der Waals surface area contributed by atoms with E-state index < -0.39 is 0 Å². The van der Waals surface area contributed by atoms with E-state index in [1.807, 2.05) is 17.2 Å². The molecule has 0 fully saturated rings. The lowest BCUT2D eigenvalue weighted by Gasteiger charge is -2.23. The van der Waals surface area contributed by atoms with Gasteiger partial charge in [0.05, 0.1) is 0 Å². The van der Waals surface area contributed by atoms with Crippen LogP contribution in [0, 0.1) is 0 Å². The van der Waals surface area contributed by atoms with Crippen molar-refractivity contribution in [2.75, 3.05) is 13.1 Å². The lowest BCUT2D eigenvalue weighted by molar-refractivity contribution is 0.0740. The quantitative estimate of drug-likeness (QED) is 0.638. The summed E-state index contributed by atoms with van der Waals surface area (Å²) >= 11 is 3.48. The molecule has 0 atom stereocenters. The fourth-order valence-electron chi connectivity index (χ4n) is 2.25. The first-order valence-corrected chi connectivity index (χ1v) is 8.58. The number of halogens is 1. The van der Waals surface area contributed by atoms with E-state index in [9.17, 15) is 4.79 Å². The Morgan fingerprint density at radius 3 is 2.25 bits per heavy atom. The van der Waals surface area contributed by atoms with Crippen molar-refractivity contribution in [3.63, 3.8) is 0 Å². The third-order valence-electron chi connectivity index (χ3n) is 3.40. The number of hydrogen-bond acceptors (Lipinski definition) is 1. The molecule has 0 aliphatic heterocycles. The fraction of sp³-hybridized carbons (Fsp3) is 0.688. The summed E-state index contributed by atoms with van der Waals surface area (Å²) in [5, 5.41) is 0. The molecule has 0 aliphatic rings. The Morgan fingerprint density at radius 2 is 1.75 bits per heavy atom. The maximum Gasteiger partial charge on any atom is 0.270 e. The molecule has 114 valence electrons. The van der Waals surface area contributed by atoms with Gasteiger partial charge in [-0.2, -0.15) is 0 Å². The van der Waals surface area contributed by atoms with Gasteiger partial charge in [-0.25, -0.2) is 0 Å². The number of aryl methyl sites for hydroxylation is 1. The first-order chi connectivity index (χ1) is 9.63. The van der Waals surface area contributed by atoms with Crippen molar-refractivity contribution >= 4 is 21.8 Å². The molecule has 0 aliphatic carbocycles. The van der Waals surface area contributed by atoms with Crippen molar-refractivity contribution in [3.8, 4) is 0 Å². The Kier molecular flexibility index (Phi) is 7.97. The van der Waals surface area contributed by atoms with Crippen LogP contribution in [0.3, 0.4) is 0 Å². The van der Waals surface area contributed by atoms with E-state index in [0.29, 0.717) is 0 Å². The standard InChI is InChI=1S/C16H27BrN2O/c1-4-7-10-18(11-8-5-2)16(20)15-12-14(17)13-19(15)9-6-3/h12-13H,4-11H2,1-3H3. The van der Waals surface area contributed by atoms with E-state index in [-0.39, 0.29) is 5.91 Å². The van der Waals surface area contributed by atoms with Gasteiger partial charge in [-0.05, 0) is 41.3 Å². The zero-order valence-corrected chi connectivity index (χ0v) is 14.6. The van der Waals surface area contributed by atoms with Crippen LogP contribution in [-0.4, -0.2) is 28.5 Å². The number of nitrogens with zero attached hydrogens (tertiary/aromatic N) is 2. The Bertz CT molecular complexity index is 407. The average molecular weight is 343 g/mol. The summed E-state index contributed by atoms with van der Waals surface area (Å²) in [5.41, 5.74) is 0.811. The van der Waals surface area contributed by atoms with Crippen molar-refractivity contribution in [1.82, 2.24) is 9.47 Å². The highest BCUT2D eigenvalue weighted by atomic mass is 79.9. The van der Waals surface area contributed by atoms with Gasteiger partial charge in [-0.1, -0.05) is 33.6 Å². The van der Waals surface area contributed by atoms with Gasteiger partial charge in [0.15, 0.2) is 0 Å². The molecule has 1 heterocycles. The van der Waals surface area contributed by atoms with Crippen LogP contribution in [0.4, 0.5) is 0 Å². The fourth-order valence-corrected chi connectivity index (χ4v) is 2.72. The summed E-state index contributed by atoms with van der Waals surface area (Å²) in [6.45, 7) is 9.09. The van der Waals surface area contributed by atoms with Crippen molar-refractivity contribution in [2.45, 2.75) is 59.4 Å². The van der Waals surface area contributed by atoms with E-state index in [0.717, 1.165) is 61.9 Å². The highest BCUT2D eigenvalue weighted by molar-refractivity contribution is 9.10. The Hall–Kier alpha value is -0.770. The number of aromatic nitrogens is 1. The van der Waals surface area contributed by atoms with Gasteiger partial charge in [0.25, 0.3) is 5.91 Å². The summed E-state index contributed by atoms with van der Waals surface area (Å²) in [5.74, 6) is 0.172. The minimum Gasteiger partial charge on any atom is -0.342 e. The van der Waals surface area contributed by atoms with Crippen LogP contribution < -0.4 is 0 Å². The Morgan fingerprint density at radius 1 is 1.15 bits per heavy atom. The van der Waals surface area contributed by atoms with Gasteiger partial charge in [0, 0.05) is 30.3 Å². The van der Waals surface area contributed by atoms with E-state index in [1.165, 1.54) is 0 Å². The monoisotopic (exact) mass is 342 g/mol. The number of hydrogen-bond donors (Lipinski definition) is 0. The van der Waals surface area contributed by atoms with Crippen LogP contribution in [0.25, 0.3) is 0 Å². The molecule has 1 rings (SSSR count). The molecule has 3 nitrogen and oxygen atoms in total. The summed E-state index contributed by atoms with van der Waals surface area (Å²) in [6.07, 6.45) is 7.43. The molecule has 1 aromatic rings. The smallest absolute Gasteiger partial charge is 0.270 e. The average Bonchev–Trinajstić information content (AvgIpc) is 2.80. The van der Waals surface area contributed by atoms with Crippen molar-refractivity contribution < 1.29 is 4.79 Å². The molecule has 0 spiro atoms. The first kappa shape index (κ1) is 17.3. The SMILES string of the molecule is CCCCN(CCCC)C(=O)c1cc(Br)cn1CCC. The van der Waals surface area contributed by atoms with Crippen molar-refractivity contribution in [1.29, 1.82) is 0 Å². The van der Waals surface area contributed by atoms with Gasteiger partial charge >= 0.3 is 0 Å². The summed E-state index contributed by atoms with van der Waals surface area (Å²) in [7, 11) is 0. The number of unbranched alkanes of at least 4 members (excludes halogenated alkanes) is 2. The second-order valence-corrected chi connectivity index (χ2v) is 6.15. The molecular formula is C16H27BrN2O.